The molecule has 1 saturated heterocycles. The minimum atomic E-state index is -0.468. The molecule has 3 aromatic rings. The quantitative estimate of drug-likeness (QED) is 0.455. The first kappa shape index (κ1) is 23.7. The molecule has 0 unspecified atom stereocenters. The number of ether oxygens (including phenoxy) is 1. The van der Waals surface area contributed by atoms with Gasteiger partial charge in [-0.25, -0.2) is 14.4 Å². The van der Waals surface area contributed by atoms with Crippen molar-refractivity contribution in [2.75, 3.05) is 23.8 Å². The summed E-state index contributed by atoms with van der Waals surface area (Å²) in [5.41, 5.74) is 7.85. The largest absolute Gasteiger partial charge is 0.381 e. The summed E-state index contributed by atoms with van der Waals surface area (Å²) in [5, 5.41) is 6.78. The third-order valence-corrected chi connectivity index (χ3v) is 7.33. The first-order valence-corrected chi connectivity index (χ1v) is 12.4. The number of rotatable bonds is 6. The number of fused-ring (bicyclic) bond motifs is 1. The highest BCUT2D eigenvalue weighted by atomic mass is 35.5. The molecule has 2 aliphatic rings. The van der Waals surface area contributed by atoms with Gasteiger partial charge in [0.1, 0.15) is 11.3 Å². The Morgan fingerprint density at radius 1 is 1.17 bits per heavy atom. The van der Waals surface area contributed by atoms with E-state index in [0.29, 0.717) is 60.4 Å². The van der Waals surface area contributed by atoms with Crippen LogP contribution in [0.5, 0.6) is 0 Å². The van der Waals surface area contributed by atoms with E-state index in [4.69, 9.17) is 32.0 Å². The van der Waals surface area contributed by atoms with Gasteiger partial charge in [0.05, 0.1) is 11.2 Å². The Kier molecular flexibility index (Phi) is 6.75. The molecule has 2 fully saturated rings. The second-order valence-electron chi connectivity index (χ2n) is 9.31. The molecule has 0 radical (unpaired) electrons. The van der Waals surface area contributed by atoms with Gasteiger partial charge in [-0.05, 0) is 57.6 Å². The lowest BCUT2D eigenvalue weighted by Crippen LogP contribution is -2.29. The topological polar surface area (TPSA) is 120 Å². The van der Waals surface area contributed by atoms with Crippen molar-refractivity contribution >= 4 is 46.3 Å². The first-order valence-electron chi connectivity index (χ1n) is 12.0. The highest BCUT2D eigenvalue weighted by molar-refractivity contribution is 6.30. The maximum atomic E-state index is 14.5. The fourth-order valence-electron chi connectivity index (χ4n) is 4.95. The summed E-state index contributed by atoms with van der Waals surface area (Å²) in [7, 11) is 0. The zero-order chi connectivity index (χ0) is 24.5. The molecule has 1 aromatic carbocycles. The van der Waals surface area contributed by atoms with E-state index < -0.39 is 5.82 Å². The van der Waals surface area contributed by atoms with Gasteiger partial charge in [-0.2, -0.15) is 4.98 Å². The average molecular weight is 502 g/mol. The van der Waals surface area contributed by atoms with Crippen LogP contribution in [-0.4, -0.2) is 44.7 Å². The molecule has 11 heteroatoms. The van der Waals surface area contributed by atoms with Crippen LogP contribution in [0.2, 0.25) is 5.02 Å². The molecular weight excluding hydrogens is 473 g/mol. The van der Waals surface area contributed by atoms with Crippen molar-refractivity contribution in [2.45, 2.75) is 57.5 Å². The molecule has 9 nitrogen and oxygen atoms in total. The van der Waals surface area contributed by atoms with Crippen LogP contribution < -0.4 is 16.4 Å². The van der Waals surface area contributed by atoms with Crippen molar-refractivity contribution in [3.8, 4) is 0 Å². The van der Waals surface area contributed by atoms with Crippen molar-refractivity contribution in [3.05, 3.63) is 34.7 Å². The third-order valence-electron chi connectivity index (χ3n) is 7.04. The van der Waals surface area contributed by atoms with Crippen molar-refractivity contribution in [3.63, 3.8) is 0 Å². The van der Waals surface area contributed by atoms with Crippen LogP contribution in [0.15, 0.2) is 18.3 Å². The molecule has 35 heavy (non-hydrogen) atoms. The molecule has 186 valence electrons. The number of amides is 1. The molecule has 5 rings (SSSR count). The van der Waals surface area contributed by atoms with E-state index in [0.717, 1.165) is 25.7 Å². The molecule has 0 atom stereocenters. The van der Waals surface area contributed by atoms with Gasteiger partial charge >= 0.3 is 0 Å². The summed E-state index contributed by atoms with van der Waals surface area (Å²) in [6, 6.07) is 3.56. The maximum Gasteiger partial charge on any atom is 0.224 e. The number of nitrogens with two attached hydrogens (primary N) is 1. The number of hydrogen-bond acceptors (Lipinski definition) is 7. The number of anilines is 3. The molecule has 3 heterocycles. The van der Waals surface area contributed by atoms with Crippen molar-refractivity contribution < 1.29 is 13.9 Å². The van der Waals surface area contributed by atoms with Gasteiger partial charge in [0.25, 0.3) is 0 Å². The molecule has 1 saturated carbocycles. The lowest BCUT2D eigenvalue weighted by Gasteiger charge is -2.29. The van der Waals surface area contributed by atoms with Crippen LogP contribution in [0.4, 0.5) is 22.0 Å². The van der Waals surface area contributed by atoms with Crippen molar-refractivity contribution in [1.82, 2.24) is 19.5 Å². The van der Waals surface area contributed by atoms with Gasteiger partial charge in [0, 0.05) is 42.5 Å². The van der Waals surface area contributed by atoms with Crippen LogP contribution in [0.3, 0.4) is 0 Å². The van der Waals surface area contributed by atoms with Crippen LogP contribution in [0.25, 0.3) is 11.2 Å². The number of benzene rings is 1. The highest BCUT2D eigenvalue weighted by Crippen LogP contribution is 2.37. The minimum absolute atomic E-state index is 0.0568. The predicted octanol–water partition coefficient (Wildman–Crippen LogP) is 4.48. The summed E-state index contributed by atoms with van der Waals surface area (Å²) in [5.74, 6) is 0.241. The lowest BCUT2D eigenvalue weighted by atomic mass is 9.85. The Morgan fingerprint density at radius 3 is 2.63 bits per heavy atom. The Hall–Kier alpha value is -2.98. The van der Waals surface area contributed by atoms with Gasteiger partial charge < -0.3 is 21.1 Å². The summed E-state index contributed by atoms with van der Waals surface area (Å²) in [4.78, 5) is 25.8. The number of carbonyl (C=O) groups is 1. The van der Waals surface area contributed by atoms with Crippen LogP contribution in [-0.2, 0) is 9.53 Å². The van der Waals surface area contributed by atoms with Gasteiger partial charge in [-0.1, -0.05) is 11.6 Å². The number of hydrogen-bond donors (Lipinski definition) is 3. The number of primary amides is 1. The van der Waals surface area contributed by atoms with Gasteiger partial charge in [0.15, 0.2) is 5.65 Å². The fourth-order valence-corrected chi connectivity index (χ4v) is 5.15. The first-order chi connectivity index (χ1) is 16.9. The van der Waals surface area contributed by atoms with Gasteiger partial charge in [0.2, 0.25) is 17.8 Å². The number of carbonyl (C=O) groups excluding carboxylic acids is 1. The van der Waals surface area contributed by atoms with E-state index in [1.54, 1.807) is 19.2 Å². The zero-order valence-electron chi connectivity index (χ0n) is 19.6. The van der Waals surface area contributed by atoms with E-state index in [-0.39, 0.29) is 28.9 Å². The number of nitrogens with one attached hydrogen (secondary N) is 2. The maximum absolute atomic E-state index is 14.5. The number of nitrogens with zero attached hydrogens (tertiary/aromatic N) is 4. The number of aromatic nitrogens is 4. The smallest absolute Gasteiger partial charge is 0.224 e. The molecule has 4 N–H and O–H groups in total. The Balaban J connectivity index is 1.51. The second-order valence-corrected chi connectivity index (χ2v) is 9.71. The summed E-state index contributed by atoms with van der Waals surface area (Å²) in [6.45, 7) is 3.10. The molecular formula is C24H29ClFN7O2. The van der Waals surface area contributed by atoms with E-state index >= 15 is 0 Å². The van der Waals surface area contributed by atoms with E-state index in [1.807, 2.05) is 0 Å². The van der Waals surface area contributed by atoms with Crippen molar-refractivity contribution in [1.29, 1.82) is 0 Å². The SMILES string of the molecule is Cc1c(Nc2nc3cnc(NC4CCOCC4)nc3n2[C@H]2CC[C@H](C(N)=O)CC2)ccc(Cl)c1F. The fraction of sp³-hybridized carbons (Fsp3) is 0.500. The van der Waals surface area contributed by atoms with Gasteiger partial charge in [-0.3, -0.25) is 9.36 Å². The number of halogens is 2. The van der Waals surface area contributed by atoms with Gasteiger partial charge in [-0.15, -0.1) is 0 Å². The molecule has 0 spiro atoms. The molecule has 1 aliphatic heterocycles. The highest BCUT2D eigenvalue weighted by Gasteiger charge is 2.29. The standard InChI is InChI=1S/C24H29ClFN7O2/c1-13-18(7-6-17(25)20(13)26)30-24-31-19-12-28-23(29-15-8-10-35-11-9-15)32-22(19)33(24)16-4-2-14(3-5-16)21(27)34/h6-7,12,14-16H,2-5,8-11H2,1H3,(H2,27,34)(H,30,31)(H,28,29,32)/t14-,16-. The van der Waals surface area contributed by atoms with E-state index in [9.17, 15) is 9.18 Å². The van der Waals surface area contributed by atoms with E-state index in [1.165, 1.54) is 6.07 Å². The molecule has 2 aromatic heterocycles. The second kappa shape index (κ2) is 9.94. The van der Waals surface area contributed by atoms with Crippen molar-refractivity contribution in [2.24, 2.45) is 11.7 Å². The predicted molar refractivity (Wildman–Crippen MR) is 132 cm³/mol. The Bertz CT molecular complexity index is 1240. The zero-order valence-corrected chi connectivity index (χ0v) is 20.3. The number of imidazole rings is 1. The normalized spacial score (nSPS) is 21.2. The van der Waals surface area contributed by atoms with Crippen LogP contribution in [0, 0.1) is 18.7 Å². The van der Waals surface area contributed by atoms with Crippen LogP contribution >= 0.6 is 11.6 Å². The van der Waals surface area contributed by atoms with Crippen LogP contribution in [0.1, 0.15) is 50.1 Å². The summed E-state index contributed by atoms with van der Waals surface area (Å²) in [6.07, 6.45) is 6.41. The summed E-state index contributed by atoms with van der Waals surface area (Å²) < 4.78 is 22.0. The third kappa shape index (κ3) is 4.90. The lowest BCUT2D eigenvalue weighted by molar-refractivity contribution is -0.122. The summed E-state index contributed by atoms with van der Waals surface area (Å²) >= 11 is 5.95. The Labute approximate surface area is 207 Å². The minimum Gasteiger partial charge on any atom is -0.381 e. The van der Waals surface area contributed by atoms with E-state index in [2.05, 4.69) is 20.2 Å². The molecule has 1 amide bonds. The average Bonchev–Trinajstić information content (AvgIpc) is 3.22. The molecule has 0 bridgehead atoms. The Morgan fingerprint density at radius 2 is 1.91 bits per heavy atom. The monoisotopic (exact) mass is 501 g/mol. The molecule has 1 aliphatic carbocycles.